The zero-order valence-corrected chi connectivity index (χ0v) is 11.9. The van der Waals surface area contributed by atoms with Gasteiger partial charge in [0.1, 0.15) is 5.75 Å². The summed E-state index contributed by atoms with van der Waals surface area (Å²) in [6, 6.07) is 4.58. The van der Waals surface area contributed by atoms with Gasteiger partial charge in [0.2, 0.25) is 5.91 Å². The highest BCUT2D eigenvalue weighted by Crippen LogP contribution is 2.27. The summed E-state index contributed by atoms with van der Waals surface area (Å²) in [5.41, 5.74) is 0.505. The van der Waals surface area contributed by atoms with Crippen LogP contribution < -0.4 is 10.1 Å². The molecule has 0 aliphatic carbocycles. The van der Waals surface area contributed by atoms with E-state index in [9.17, 15) is 9.59 Å². The molecule has 0 aromatic heterocycles. The van der Waals surface area contributed by atoms with E-state index in [2.05, 4.69) is 5.32 Å². The fourth-order valence-corrected chi connectivity index (χ4v) is 1.66. The molecule has 110 valence electrons. The van der Waals surface area contributed by atoms with Gasteiger partial charge in [-0.25, -0.2) is 4.79 Å². The highest BCUT2D eigenvalue weighted by molar-refractivity contribution is 6.32. The van der Waals surface area contributed by atoms with Crippen LogP contribution in [0.5, 0.6) is 5.75 Å². The molecule has 20 heavy (non-hydrogen) atoms. The van der Waals surface area contributed by atoms with Gasteiger partial charge in [-0.15, -0.1) is 0 Å². The number of halogens is 1. The van der Waals surface area contributed by atoms with Crippen LogP contribution in [-0.2, 0) is 14.3 Å². The van der Waals surface area contributed by atoms with Gasteiger partial charge >= 0.3 is 5.97 Å². The van der Waals surface area contributed by atoms with Crippen LogP contribution in [0.3, 0.4) is 0 Å². The van der Waals surface area contributed by atoms with E-state index in [0.29, 0.717) is 12.3 Å². The predicted octanol–water partition coefficient (Wildman–Crippen LogP) is 2.02. The van der Waals surface area contributed by atoms with Gasteiger partial charge in [-0.1, -0.05) is 18.5 Å². The maximum atomic E-state index is 11.8. The van der Waals surface area contributed by atoms with Crippen molar-refractivity contribution in [2.45, 2.75) is 6.92 Å². The van der Waals surface area contributed by atoms with Crippen LogP contribution in [0.4, 0.5) is 5.69 Å². The van der Waals surface area contributed by atoms with Crippen LogP contribution in [0.2, 0.25) is 5.02 Å². The molecule has 1 rings (SSSR count). The number of hydrogen-bond donors (Lipinski definition) is 2. The number of hydrogen-bond acceptors (Lipinski definition) is 4. The van der Waals surface area contributed by atoms with Crippen molar-refractivity contribution < 1.29 is 24.2 Å². The summed E-state index contributed by atoms with van der Waals surface area (Å²) < 4.78 is 9.88. The number of nitrogens with one attached hydrogen (secondary N) is 1. The number of carboxylic acids is 1. The summed E-state index contributed by atoms with van der Waals surface area (Å²) in [6.45, 7) is 1.58. The minimum Gasteiger partial charge on any atom is -0.480 e. The molecule has 0 aliphatic rings. The highest BCUT2D eigenvalue weighted by Gasteiger charge is 2.13. The van der Waals surface area contributed by atoms with Crippen molar-refractivity contribution in [1.29, 1.82) is 0 Å². The van der Waals surface area contributed by atoms with E-state index in [4.69, 9.17) is 26.2 Å². The third-order valence-corrected chi connectivity index (χ3v) is 2.71. The molecule has 0 fully saturated rings. The lowest BCUT2D eigenvalue weighted by Gasteiger charge is -2.12. The van der Waals surface area contributed by atoms with Gasteiger partial charge in [-0.05, 0) is 18.2 Å². The molecule has 0 radical (unpaired) electrons. The second kappa shape index (κ2) is 7.72. The Morgan fingerprint density at radius 2 is 2.15 bits per heavy atom. The number of ether oxygens (including phenoxy) is 2. The maximum Gasteiger partial charge on any atom is 0.341 e. The van der Waals surface area contributed by atoms with Crippen molar-refractivity contribution in [3.8, 4) is 5.75 Å². The quantitative estimate of drug-likeness (QED) is 0.805. The fourth-order valence-electron chi connectivity index (χ4n) is 1.43. The van der Waals surface area contributed by atoms with Crippen molar-refractivity contribution >= 4 is 29.2 Å². The molecule has 1 aromatic rings. The zero-order valence-electron chi connectivity index (χ0n) is 11.2. The van der Waals surface area contributed by atoms with Crippen LogP contribution in [0.15, 0.2) is 18.2 Å². The van der Waals surface area contributed by atoms with E-state index in [1.807, 2.05) is 0 Å². The van der Waals surface area contributed by atoms with Crippen molar-refractivity contribution in [1.82, 2.24) is 0 Å². The molecular formula is C13H16ClNO5. The molecule has 6 nitrogen and oxygen atoms in total. The van der Waals surface area contributed by atoms with E-state index in [1.54, 1.807) is 13.0 Å². The average Bonchev–Trinajstić information content (AvgIpc) is 2.37. The molecule has 0 saturated heterocycles. The number of carboxylic acid groups (broad SMARTS) is 1. The SMILES string of the molecule is COCC(C)C(=O)Nc1ccc(OCC(=O)O)c(Cl)c1. The standard InChI is InChI=1S/C13H16ClNO5/c1-8(6-19-2)13(18)15-9-3-4-11(10(14)5-9)20-7-12(16)17/h3-5,8H,6-7H2,1-2H3,(H,15,18)(H,16,17). The summed E-state index contributed by atoms with van der Waals surface area (Å²) in [7, 11) is 1.52. The molecule has 1 atom stereocenters. The van der Waals surface area contributed by atoms with Crippen LogP contribution in [0.25, 0.3) is 0 Å². The first-order chi connectivity index (χ1) is 9.43. The number of rotatable bonds is 7. The van der Waals surface area contributed by atoms with Crippen molar-refractivity contribution in [3.63, 3.8) is 0 Å². The third-order valence-electron chi connectivity index (χ3n) is 2.41. The Labute approximate surface area is 121 Å². The minimum absolute atomic E-state index is 0.192. The van der Waals surface area contributed by atoms with Crippen molar-refractivity contribution in [2.24, 2.45) is 5.92 Å². The van der Waals surface area contributed by atoms with Gasteiger partial charge in [-0.2, -0.15) is 0 Å². The summed E-state index contributed by atoms with van der Waals surface area (Å²) in [5, 5.41) is 11.4. The van der Waals surface area contributed by atoms with E-state index >= 15 is 0 Å². The predicted molar refractivity (Wildman–Crippen MR) is 74.3 cm³/mol. The first kappa shape index (κ1) is 16.3. The molecule has 0 saturated carbocycles. The number of carbonyl (C=O) groups is 2. The second-order valence-electron chi connectivity index (χ2n) is 4.17. The summed E-state index contributed by atoms with van der Waals surface area (Å²) in [5.74, 6) is -1.33. The number of amides is 1. The molecule has 1 unspecified atom stereocenters. The molecule has 0 bridgehead atoms. The molecule has 0 aliphatic heterocycles. The van der Waals surface area contributed by atoms with E-state index < -0.39 is 12.6 Å². The maximum absolute atomic E-state index is 11.8. The van der Waals surface area contributed by atoms with Gasteiger partial charge in [0, 0.05) is 12.8 Å². The Kier molecular flexibility index (Phi) is 6.27. The molecule has 1 aromatic carbocycles. The van der Waals surface area contributed by atoms with Gasteiger partial charge in [-0.3, -0.25) is 4.79 Å². The van der Waals surface area contributed by atoms with Crippen LogP contribution in [0, 0.1) is 5.92 Å². The number of anilines is 1. The Hall–Kier alpha value is -1.79. The molecule has 0 spiro atoms. The van der Waals surface area contributed by atoms with Gasteiger partial charge in [0.05, 0.1) is 17.5 Å². The average molecular weight is 302 g/mol. The Balaban J connectivity index is 2.67. The van der Waals surface area contributed by atoms with Crippen LogP contribution >= 0.6 is 11.6 Å². The number of benzene rings is 1. The Bertz CT molecular complexity index is 492. The molecule has 7 heteroatoms. The summed E-state index contributed by atoms with van der Waals surface area (Å²) in [6.07, 6.45) is 0. The van der Waals surface area contributed by atoms with Crippen molar-refractivity contribution in [3.05, 3.63) is 23.2 Å². The first-order valence-electron chi connectivity index (χ1n) is 5.88. The van der Waals surface area contributed by atoms with Crippen LogP contribution in [0.1, 0.15) is 6.92 Å². The lowest BCUT2D eigenvalue weighted by molar-refractivity contribution is -0.139. The first-order valence-corrected chi connectivity index (χ1v) is 6.25. The summed E-state index contributed by atoms with van der Waals surface area (Å²) in [4.78, 5) is 22.2. The smallest absolute Gasteiger partial charge is 0.341 e. The van der Waals surface area contributed by atoms with Gasteiger partial charge in [0.15, 0.2) is 6.61 Å². The number of methoxy groups -OCH3 is 1. The zero-order chi connectivity index (χ0) is 15.1. The lowest BCUT2D eigenvalue weighted by Crippen LogP contribution is -2.23. The second-order valence-corrected chi connectivity index (χ2v) is 4.58. The fraction of sp³-hybridized carbons (Fsp3) is 0.385. The molecule has 1 amide bonds. The summed E-state index contributed by atoms with van der Waals surface area (Å²) >= 11 is 5.94. The number of carbonyl (C=O) groups excluding carboxylic acids is 1. The lowest BCUT2D eigenvalue weighted by atomic mass is 10.2. The molecule has 2 N–H and O–H groups in total. The van der Waals surface area contributed by atoms with Gasteiger partial charge < -0.3 is 19.9 Å². The van der Waals surface area contributed by atoms with E-state index in [1.165, 1.54) is 19.2 Å². The monoisotopic (exact) mass is 301 g/mol. The van der Waals surface area contributed by atoms with E-state index in [0.717, 1.165) is 0 Å². The Morgan fingerprint density at radius 1 is 1.45 bits per heavy atom. The van der Waals surface area contributed by atoms with Gasteiger partial charge in [0.25, 0.3) is 0 Å². The normalized spacial score (nSPS) is 11.8. The largest absolute Gasteiger partial charge is 0.480 e. The Morgan fingerprint density at radius 3 is 2.70 bits per heavy atom. The molecular weight excluding hydrogens is 286 g/mol. The number of aliphatic carboxylic acids is 1. The minimum atomic E-state index is -1.09. The van der Waals surface area contributed by atoms with Crippen molar-refractivity contribution in [2.75, 3.05) is 25.6 Å². The highest BCUT2D eigenvalue weighted by atomic mass is 35.5. The topological polar surface area (TPSA) is 84.9 Å². The third kappa shape index (κ3) is 5.07. The van der Waals surface area contributed by atoms with Crippen LogP contribution in [-0.4, -0.2) is 37.3 Å². The van der Waals surface area contributed by atoms with E-state index in [-0.39, 0.29) is 22.6 Å². The molecule has 0 heterocycles.